The third kappa shape index (κ3) is 5.83. The topological polar surface area (TPSA) is 78.8 Å². The molecular formula is C21H21N3O3S2. The minimum absolute atomic E-state index is 0.0829. The Labute approximate surface area is 174 Å². The van der Waals surface area contributed by atoms with Gasteiger partial charge in [-0.25, -0.2) is 13.8 Å². The molecule has 0 aliphatic rings. The number of nitrogens with one attached hydrogen (secondary N) is 1. The minimum Gasteiger partial charge on any atom is -0.272 e. The van der Waals surface area contributed by atoms with Gasteiger partial charge in [0.1, 0.15) is 0 Å². The van der Waals surface area contributed by atoms with E-state index >= 15 is 0 Å². The van der Waals surface area contributed by atoms with Crippen LogP contribution in [0.15, 0.2) is 82.1 Å². The Bertz CT molecular complexity index is 1060. The van der Waals surface area contributed by atoms with Crippen LogP contribution in [0.25, 0.3) is 0 Å². The van der Waals surface area contributed by atoms with E-state index in [1.165, 1.54) is 29.7 Å². The molecule has 0 atom stereocenters. The molecule has 1 heterocycles. The molecule has 3 rings (SSSR count). The van der Waals surface area contributed by atoms with E-state index in [1.807, 2.05) is 48.7 Å². The molecule has 0 saturated carbocycles. The van der Waals surface area contributed by atoms with Gasteiger partial charge in [0.05, 0.1) is 17.7 Å². The van der Waals surface area contributed by atoms with Crippen molar-refractivity contribution >= 4 is 33.5 Å². The maximum Gasteiger partial charge on any atom is 0.255 e. The summed E-state index contributed by atoms with van der Waals surface area (Å²) < 4.78 is 27.4. The van der Waals surface area contributed by atoms with Crippen molar-refractivity contribution in [3.8, 4) is 0 Å². The quantitative estimate of drug-likeness (QED) is 0.442. The molecule has 8 heteroatoms. The van der Waals surface area contributed by atoms with E-state index < -0.39 is 15.9 Å². The van der Waals surface area contributed by atoms with Crippen LogP contribution in [0.2, 0.25) is 0 Å². The fourth-order valence-electron chi connectivity index (χ4n) is 2.59. The summed E-state index contributed by atoms with van der Waals surface area (Å²) in [6.45, 7) is 1.70. The average Bonchev–Trinajstić information content (AvgIpc) is 3.23. The lowest BCUT2D eigenvalue weighted by molar-refractivity contribution is -0.121. The van der Waals surface area contributed by atoms with Gasteiger partial charge < -0.3 is 0 Å². The zero-order chi connectivity index (χ0) is 20.7. The summed E-state index contributed by atoms with van der Waals surface area (Å²) in [4.78, 5) is 13.4. The van der Waals surface area contributed by atoms with Crippen LogP contribution in [0.5, 0.6) is 0 Å². The number of hydrogen-bond donors (Lipinski definition) is 1. The van der Waals surface area contributed by atoms with Crippen molar-refractivity contribution in [3.05, 3.63) is 88.1 Å². The molecule has 3 aromatic rings. The molecule has 1 N–H and O–H groups in total. The number of benzene rings is 2. The van der Waals surface area contributed by atoms with Crippen molar-refractivity contribution in [2.45, 2.75) is 18.4 Å². The minimum atomic E-state index is -3.85. The Balaban J connectivity index is 1.78. The van der Waals surface area contributed by atoms with Crippen LogP contribution in [0.3, 0.4) is 0 Å². The van der Waals surface area contributed by atoms with E-state index in [2.05, 4.69) is 10.5 Å². The van der Waals surface area contributed by atoms with Crippen molar-refractivity contribution in [1.29, 1.82) is 0 Å². The Kier molecular flexibility index (Phi) is 6.92. The SMILES string of the molecule is Cc1ccc(CN(CC(=O)N/N=C/c2cccs2)S(=O)(=O)c2ccccc2)cc1. The van der Waals surface area contributed by atoms with Gasteiger partial charge in [-0.05, 0) is 36.1 Å². The highest BCUT2D eigenvalue weighted by molar-refractivity contribution is 7.89. The van der Waals surface area contributed by atoms with Gasteiger partial charge in [-0.2, -0.15) is 9.41 Å². The first kappa shape index (κ1) is 20.9. The first-order valence-electron chi connectivity index (χ1n) is 8.91. The number of carbonyl (C=O) groups excluding carboxylic acids is 1. The fourth-order valence-corrected chi connectivity index (χ4v) is 4.58. The first-order valence-corrected chi connectivity index (χ1v) is 11.2. The Morgan fingerprint density at radius 2 is 1.79 bits per heavy atom. The van der Waals surface area contributed by atoms with Crippen molar-refractivity contribution in [2.75, 3.05) is 6.54 Å². The summed E-state index contributed by atoms with van der Waals surface area (Å²) in [5, 5.41) is 5.81. The fraction of sp³-hybridized carbons (Fsp3) is 0.143. The van der Waals surface area contributed by atoms with Gasteiger partial charge in [0, 0.05) is 11.4 Å². The van der Waals surface area contributed by atoms with E-state index in [9.17, 15) is 13.2 Å². The van der Waals surface area contributed by atoms with Crippen LogP contribution >= 0.6 is 11.3 Å². The van der Waals surface area contributed by atoms with Gasteiger partial charge in [0.2, 0.25) is 10.0 Å². The molecule has 1 aromatic heterocycles. The number of hydrogen-bond acceptors (Lipinski definition) is 5. The predicted octanol–water partition coefficient (Wildman–Crippen LogP) is 3.40. The Morgan fingerprint density at radius 1 is 1.07 bits per heavy atom. The molecule has 0 aliphatic heterocycles. The van der Waals surface area contributed by atoms with Gasteiger partial charge in [-0.3, -0.25) is 4.79 Å². The second-order valence-corrected chi connectivity index (χ2v) is 9.30. The maximum absolute atomic E-state index is 13.1. The molecule has 29 heavy (non-hydrogen) atoms. The predicted molar refractivity (Wildman–Crippen MR) is 115 cm³/mol. The summed E-state index contributed by atoms with van der Waals surface area (Å²) in [6.07, 6.45) is 1.53. The van der Waals surface area contributed by atoms with Gasteiger partial charge >= 0.3 is 0 Å². The maximum atomic E-state index is 13.1. The highest BCUT2D eigenvalue weighted by Crippen LogP contribution is 2.18. The van der Waals surface area contributed by atoms with Crippen molar-refractivity contribution in [2.24, 2.45) is 5.10 Å². The van der Waals surface area contributed by atoms with Crippen LogP contribution in [-0.2, 0) is 21.4 Å². The molecule has 2 aromatic carbocycles. The molecule has 0 aliphatic carbocycles. The molecule has 0 bridgehead atoms. The van der Waals surface area contributed by atoms with Crippen LogP contribution in [0, 0.1) is 6.92 Å². The molecule has 6 nitrogen and oxygen atoms in total. The second kappa shape index (κ2) is 9.60. The van der Waals surface area contributed by atoms with Crippen molar-refractivity contribution in [3.63, 3.8) is 0 Å². The van der Waals surface area contributed by atoms with E-state index in [0.717, 1.165) is 20.3 Å². The lowest BCUT2D eigenvalue weighted by atomic mass is 10.1. The third-order valence-electron chi connectivity index (χ3n) is 4.10. The summed E-state index contributed by atoms with van der Waals surface area (Å²) in [5.41, 5.74) is 4.27. The summed E-state index contributed by atoms with van der Waals surface area (Å²) in [5.74, 6) is -0.510. The second-order valence-electron chi connectivity index (χ2n) is 6.38. The molecule has 1 amide bonds. The Morgan fingerprint density at radius 3 is 2.45 bits per heavy atom. The highest BCUT2D eigenvalue weighted by atomic mass is 32.2. The van der Waals surface area contributed by atoms with Crippen LogP contribution < -0.4 is 5.43 Å². The molecule has 0 saturated heterocycles. The molecule has 0 spiro atoms. The number of sulfonamides is 1. The smallest absolute Gasteiger partial charge is 0.255 e. The van der Waals surface area contributed by atoms with Gasteiger partial charge in [-0.1, -0.05) is 54.1 Å². The number of amides is 1. The monoisotopic (exact) mass is 427 g/mol. The number of thiophene rings is 1. The van der Waals surface area contributed by atoms with Crippen molar-refractivity contribution < 1.29 is 13.2 Å². The molecular weight excluding hydrogens is 406 g/mol. The van der Waals surface area contributed by atoms with E-state index in [4.69, 9.17) is 0 Å². The molecule has 0 fully saturated rings. The van der Waals surface area contributed by atoms with Crippen molar-refractivity contribution in [1.82, 2.24) is 9.73 Å². The normalized spacial score (nSPS) is 11.8. The zero-order valence-corrected chi connectivity index (χ0v) is 17.5. The average molecular weight is 428 g/mol. The van der Waals surface area contributed by atoms with Crippen LogP contribution in [0.1, 0.15) is 16.0 Å². The first-order chi connectivity index (χ1) is 13.9. The number of carbonyl (C=O) groups is 1. The molecule has 0 unspecified atom stereocenters. The standard InChI is InChI=1S/C21H21N3O3S2/c1-17-9-11-18(12-10-17)15-24(29(26,27)20-7-3-2-4-8-20)16-21(25)23-22-14-19-6-5-13-28-19/h2-14H,15-16H2,1H3,(H,23,25)/b22-14+. The van der Waals surface area contributed by atoms with E-state index in [-0.39, 0.29) is 18.0 Å². The van der Waals surface area contributed by atoms with Crippen LogP contribution in [0.4, 0.5) is 0 Å². The van der Waals surface area contributed by atoms with Gasteiger partial charge in [0.15, 0.2) is 0 Å². The van der Waals surface area contributed by atoms with E-state index in [1.54, 1.807) is 18.2 Å². The lowest BCUT2D eigenvalue weighted by Gasteiger charge is -2.21. The molecule has 150 valence electrons. The summed E-state index contributed by atoms with van der Waals surface area (Å²) in [7, 11) is -3.85. The van der Waals surface area contributed by atoms with E-state index in [0.29, 0.717) is 0 Å². The summed E-state index contributed by atoms with van der Waals surface area (Å²) >= 11 is 1.49. The summed E-state index contributed by atoms with van der Waals surface area (Å²) in [6, 6.07) is 19.4. The highest BCUT2D eigenvalue weighted by Gasteiger charge is 2.26. The molecule has 0 radical (unpaired) electrons. The van der Waals surface area contributed by atoms with Gasteiger partial charge in [-0.15, -0.1) is 11.3 Å². The largest absolute Gasteiger partial charge is 0.272 e. The van der Waals surface area contributed by atoms with Crippen LogP contribution in [-0.4, -0.2) is 31.4 Å². The number of aryl methyl sites for hydroxylation is 1. The third-order valence-corrected chi connectivity index (χ3v) is 6.72. The number of rotatable bonds is 8. The zero-order valence-electron chi connectivity index (χ0n) is 15.9. The van der Waals surface area contributed by atoms with Gasteiger partial charge in [0.25, 0.3) is 5.91 Å². The Hall–Kier alpha value is -2.81. The number of hydrazone groups is 1. The lowest BCUT2D eigenvalue weighted by Crippen LogP contribution is -2.39. The number of nitrogens with zero attached hydrogens (tertiary/aromatic N) is 2.